The number of hydrogen-bond acceptors (Lipinski definition) is 4. The summed E-state index contributed by atoms with van der Waals surface area (Å²) in [4.78, 5) is 0. The Morgan fingerprint density at radius 1 is 1.30 bits per heavy atom. The monoisotopic (exact) mass is 281 g/mol. The van der Waals surface area contributed by atoms with Crippen LogP contribution in [0.3, 0.4) is 0 Å². The summed E-state index contributed by atoms with van der Waals surface area (Å²) in [7, 11) is 0. The molecule has 4 heteroatoms. The van der Waals surface area contributed by atoms with Gasteiger partial charge in [0.25, 0.3) is 0 Å². The third kappa shape index (κ3) is 5.90. The van der Waals surface area contributed by atoms with Crippen LogP contribution in [0.15, 0.2) is 18.2 Å². The molecule has 0 aromatic heterocycles. The van der Waals surface area contributed by atoms with Gasteiger partial charge in [-0.2, -0.15) is 0 Å². The van der Waals surface area contributed by atoms with E-state index >= 15 is 0 Å². The van der Waals surface area contributed by atoms with Gasteiger partial charge in [0, 0.05) is 18.2 Å². The van der Waals surface area contributed by atoms with E-state index in [0.717, 1.165) is 29.7 Å². The second-order valence-electron chi connectivity index (χ2n) is 5.22. The highest BCUT2D eigenvalue weighted by Gasteiger charge is 2.11. The molecule has 1 aromatic carbocycles. The molecular weight excluding hydrogens is 254 g/mol. The van der Waals surface area contributed by atoms with Crippen LogP contribution in [0.25, 0.3) is 0 Å². The number of aryl methyl sites for hydroxylation is 1. The van der Waals surface area contributed by atoms with Crippen LogP contribution in [-0.2, 0) is 4.74 Å². The van der Waals surface area contributed by atoms with E-state index < -0.39 is 6.10 Å². The van der Waals surface area contributed by atoms with Crippen LogP contribution in [0.4, 0.5) is 0 Å². The normalized spacial score (nSPS) is 14.1. The molecule has 0 bridgehead atoms. The number of rotatable bonds is 9. The van der Waals surface area contributed by atoms with Gasteiger partial charge in [-0.3, -0.25) is 0 Å². The zero-order chi connectivity index (χ0) is 15.0. The number of aliphatic hydroxyl groups is 1. The average molecular weight is 281 g/mol. The standard InChI is InChI=1S/C16H27NO3/c1-4-5-8-19-10-14(18)11-20-16-9-12(2)6-7-15(16)13(3)17/h6-7,9,13-14,18H,4-5,8,10-11,17H2,1-3H3/t13-,14?/m0/s1. The van der Waals surface area contributed by atoms with E-state index in [-0.39, 0.29) is 12.6 Å². The first kappa shape index (κ1) is 17.0. The van der Waals surface area contributed by atoms with Crippen LogP contribution in [0.5, 0.6) is 5.75 Å². The highest BCUT2D eigenvalue weighted by atomic mass is 16.5. The van der Waals surface area contributed by atoms with Crippen LogP contribution < -0.4 is 10.5 Å². The summed E-state index contributed by atoms with van der Waals surface area (Å²) in [6, 6.07) is 5.84. The van der Waals surface area contributed by atoms with Crippen molar-refractivity contribution in [2.24, 2.45) is 5.73 Å². The fourth-order valence-corrected chi connectivity index (χ4v) is 1.84. The molecule has 0 aliphatic heterocycles. The first-order valence-electron chi connectivity index (χ1n) is 7.29. The maximum atomic E-state index is 9.83. The number of unbranched alkanes of at least 4 members (excludes halogenated alkanes) is 1. The topological polar surface area (TPSA) is 64.7 Å². The summed E-state index contributed by atoms with van der Waals surface area (Å²) in [5, 5.41) is 9.83. The van der Waals surface area contributed by atoms with Gasteiger partial charge in [-0.25, -0.2) is 0 Å². The highest BCUT2D eigenvalue weighted by molar-refractivity contribution is 5.38. The van der Waals surface area contributed by atoms with Gasteiger partial charge in [0.15, 0.2) is 0 Å². The number of aliphatic hydroxyl groups excluding tert-OH is 1. The maximum Gasteiger partial charge on any atom is 0.124 e. The Balaban J connectivity index is 2.46. The molecule has 0 spiro atoms. The second kappa shape index (κ2) is 8.95. The zero-order valence-electron chi connectivity index (χ0n) is 12.8. The summed E-state index contributed by atoms with van der Waals surface area (Å²) in [5.41, 5.74) is 7.98. The number of benzene rings is 1. The van der Waals surface area contributed by atoms with Crippen molar-refractivity contribution in [1.82, 2.24) is 0 Å². The SMILES string of the molecule is CCCCOCC(O)COc1cc(C)ccc1[C@H](C)N. The molecule has 0 fully saturated rings. The molecular formula is C16H27NO3. The van der Waals surface area contributed by atoms with Gasteiger partial charge in [-0.05, 0) is 31.9 Å². The number of hydrogen-bond donors (Lipinski definition) is 2. The predicted molar refractivity (Wildman–Crippen MR) is 81.0 cm³/mol. The van der Waals surface area contributed by atoms with Gasteiger partial charge in [-0.15, -0.1) is 0 Å². The van der Waals surface area contributed by atoms with Gasteiger partial charge >= 0.3 is 0 Å². The third-order valence-corrected chi connectivity index (χ3v) is 3.04. The van der Waals surface area contributed by atoms with Crippen LogP contribution in [-0.4, -0.2) is 31.0 Å². The lowest BCUT2D eigenvalue weighted by molar-refractivity contribution is 0.0111. The van der Waals surface area contributed by atoms with Gasteiger partial charge < -0.3 is 20.3 Å². The fourth-order valence-electron chi connectivity index (χ4n) is 1.84. The first-order valence-corrected chi connectivity index (χ1v) is 7.29. The predicted octanol–water partition coefficient (Wildman–Crippen LogP) is 2.57. The van der Waals surface area contributed by atoms with E-state index in [1.807, 2.05) is 32.0 Å². The molecule has 4 nitrogen and oxygen atoms in total. The lowest BCUT2D eigenvalue weighted by Crippen LogP contribution is -2.24. The van der Waals surface area contributed by atoms with Crippen molar-refractivity contribution in [2.75, 3.05) is 19.8 Å². The minimum absolute atomic E-state index is 0.0939. The van der Waals surface area contributed by atoms with Crippen LogP contribution >= 0.6 is 0 Å². The van der Waals surface area contributed by atoms with Crippen molar-refractivity contribution in [3.8, 4) is 5.75 Å². The molecule has 0 saturated heterocycles. The quantitative estimate of drug-likeness (QED) is 0.683. The van der Waals surface area contributed by atoms with Crippen molar-refractivity contribution < 1.29 is 14.6 Å². The average Bonchev–Trinajstić information content (AvgIpc) is 2.41. The molecule has 0 aliphatic carbocycles. The van der Waals surface area contributed by atoms with E-state index in [9.17, 15) is 5.11 Å². The van der Waals surface area contributed by atoms with Gasteiger partial charge in [-0.1, -0.05) is 25.5 Å². The maximum absolute atomic E-state index is 9.83. The molecule has 1 unspecified atom stereocenters. The van der Waals surface area contributed by atoms with E-state index in [1.165, 1.54) is 0 Å². The molecule has 1 aromatic rings. The van der Waals surface area contributed by atoms with Crippen molar-refractivity contribution >= 4 is 0 Å². The Morgan fingerprint density at radius 3 is 2.70 bits per heavy atom. The molecule has 0 heterocycles. The smallest absolute Gasteiger partial charge is 0.124 e. The Bertz CT molecular complexity index is 393. The summed E-state index contributed by atoms with van der Waals surface area (Å²) < 4.78 is 11.1. The summed E-state index contributed by atoms with van der Waals surface area (Å²) in [6.45, 7) is 7.23. The van der Waals surface area contributed by atoms with Gasteiger partial charge in [0.05, 0.1) is 6.61 Å². The Hall–Kier alpha value is -1.10. The zero-order valence-corrected chi connectivity index (χ0v) is 12.8. The van der Waals surface area contributed by atoms with Crippen molar-refractivity contribution in [3.63, 3.8) is 0 Å². The van der Waals surface area contributed by atoms with Crippen LogP contribution in [0, 0.1) is 6.92 Å². The number of ether oxygens (including phenoxy) is 2. The van der Waals surface area contributed by atoms with Crippen molar-refractivity contribution in [1.29, 1.82) is 0 Å². The molecule has 2 atom stereocenters. The summed E-state index contributed by atoms with van der Waals surface area (Å²) >= 11 is 0. The fraction of sp³-hybridized carbons (Fsp3) is 0.625. The summed E-state index contributed by atoms with van der Waals surface area (Å²) in [5.74, 6) is 0.743. The minimum atomic E-state index is -0.617. The lowest BCUT2D eigenvalue weighted by atomic mass is 10.1. The summed E-state index contributed by atoms with van der Waals surface area (Å²) in [6.07, 6.45) is 1.49. The molecule has 0 radical (unpaired) electrons. The Kier molecular flexibility index (Phi) is 7.59. The molecule has 0 aliphatic rings. The molecule has 20 heavy (non-hydrogen) atoms. The first-order chi connectivity index (χ1) is 9.54. The molecule has 1 rings (SSSR count). The minimum Gasteiger partial charge on any atom is -0.490 e. The van der Waals surface area contributed by atoms with E-state index in [1.54, 1.807) is 0 Å². The van der Waals surface area contributed by atoms with E-state index in [2.05, 4.69) is 6.92 Å². The van der Waals surface area contributed by atoms with E-state index in [4.69, 9.17) is 15.2 Å². The van der Waals surface area contributed by atoms with Crippen molar-refractivity contribution in [3.05, 3.63) is 29.3 Å². The van der Waals surface area contributed by atoms with Crippen molar-refractivity contribution in [2.45, 2.75) is 45.8 Å². The van der Waals surface area contributed by atoms with E-state index in [0.29, 0.717) is 13.2 Å². The molecule has 0 saturated carbocycles. The van der Waals surface area contributed by atoms with Crippen LogP contribution in [0.2, 0.25) is 0 Å². The molecule has 0 amide bonds. The largest absolute Gasteiger partial charge is 0.490 e. The Labute approximate surface area is 121 Å². The molecule has 3 N–H and O–H groups in total. The second-order valence-corrected chi connectivity index (χ2v) is 5.22. The number of nitrogens with two attached hydrogens (primary N) is 1. The lowest BCUT2D eigenvalue weighted by Gasteiger charge is -2.17. The van der Waals surface area contributed by atoms with Gasteiger partial charge in [0.1, 0.15) is 18.5 Å². The third-order valence-electron chi connectivity index (χ3n) is 3.04. The Morgan fingerprint density at radius 2 is 2.05 bits per heavy atom. The molecule has 114 valence electrons. The highest BCUT2D eigenvalue weighted by Crippen LogP contribution is 2.25. The van der Waals surface area contributed by atoms with Crippen LogP contribution in [0.1, 0.15) is 43.9 Å². The van der Waals surface area contributed by atoms with Gasteiger partial charge in [0.2, 0.25) is 0 Å².